The molecule has 0 radical (unpaired) electrons. The fourth-order valence-corrected chi connectivity index (χ4v) is 5.19. The molecule has 1 aliphatic rings. The summed E-state index contributed by atoms with van der Waals surface area (Å²) in [6.07, 6.45) is 7.61. The number of rotatable bonds is 14. The predicted octanol–water partition coefficient (Wildman–Crippen LogP) is 8.15. The summed E-state index contributed by atoms with van der Waals surface area (Å²) in [6, 6.07) is 17.5. The minimum absolute atomic E-state index is 0.0188. The Bertz CT molecular complexity index is 1200. The van der Waals surface area contributed by atoms with Crippen molar-refractivity contribution in [2.75, 3.05) is 39.1 Å². The number of unbranched alkanes of at least 4 members (excludes halogenated alkanes) is 2. The monoisotopic (exact) mass is 557 g/mol. The molecule has 1 aliphatic carbocycles. The molecule has 2 aromatic rings. The Hall–Kier alpha value is -3.25. The van der Waals surface area contributed by atoms with E-state index >= 15 is 0 Å². The largest absolute Gasteiger partial charge is 0.372 e. The molecule has 222 valence electrons. The highest BCUT2D eigenvalue weighted by molar-refractivity contribution is 6.50. The second kappa shape index (κ2) is 15.7. The Labute approximate surface area is 248 Å². The van der Waals surface area contributed by atoms with Crippen LogP contribution in [0.4, 0.5) is 17.1 Å². The third-order valence-electron chi connectivity index (χ3n) is 7.93. The van der Waals surface area contributed by atoms with Gasteiger partial charge in [0.2, 0.25) is 5.78 Å². The molecular formula is C35H51N5O. The second-order valence-electron chi connectivity index (χ2n) is 11.6. The highest BCUT2D eigenvalue weighted by Gasteiger charge is 2.27. The molecule has 0 N–H and O–H groups in total. The van der Waals surface area contributed by atoms with Gasteiger partial charge in [0.1, 0.15) is 0 Å². The lowest BCUT2D eigenvalue weighted by molar-refractivity contribution is -0.109. The quantitative estimate of drug-likeness (QED) is 0.235. The molecular weight excluding hydrogens is 506 g/mol. The fourth-order valence-electron chi connectivity index (χ4n) is 5.19. The van der Waals surface area contributed by atoms with Crippen LogP contribution < -0.4 is 4.90 Å². The highest BCUT2D eigenvalue weighted by Crippen LogP contribution is 2.28. The first-order valence-corrected chi connectivity index (χ1v) is 15.4. The number of aliphatic imine (C=N–C) groups is 2. The van der Waals surface area contributed by atoms with Crippen molar-refractivity contribution in [3.8, 4) is 0 Å². The maximum absolute atomic E-state index is 13.5. The van der Waals surface area contributed by atoms with Gasteiger partial charge in [-0.15, -0.1) is 0 Å². The molecule has 0 saturated heterocycles. The van der Waals surface area contributed by atoms with Crippen molar-refractivity contribution in [1.82, 2.24) is 9.80 Å². The molecule has 0 spiro atoms. The van der Waals surface area contributed by atoms with Crippen LogP contribution in [-0.4, -0.2) is 67.3 Å². The minimum atomic E-state index is -0.0188. The first kappa shape index (κ1) is 32.3. The van der Waals surface area contributed by atoms with Crippen LogP contribution in [0.5, 0.6) is 0 Å². The van der Waals surface area contributed by atoms with Crippen LogP contribution in [-0.2, 0) is 4.79 Å². The summed E-state index contributed by atoms with van der Waals surface area (Å²) in [5, 5.41) is 0. The topological polar surface area (TPSA) is 51.5 Å². The molecule has 1 atom stereocenters. The van der Waals surface area contributed by atoms with Crippen molar-refractivity contribution in [3.05, 3.63) is 65.9 Å². The van der Waals surface area contributed by atoms with E-state index in [0.29, 0.717) is 24.2 Å². The van der Waals surface area contributed by atoms with Crippen molar-refractivity contribution in [1.29, 1.82) is 0 Å². The summed E-state index contributed by atoms with van der Waals surface area (Å²) in [4.78, 5) is 30.3. The molecule has 41 heavy (non-hydrogen) atoms. The zero-order valence-corrected chi connectivity index (χ0v) is 26.7. The van der Waals surface area contributed by atoms with E-state index < -0.39 is 0 Å². The normalized spacial score (nSPS) is 16.5. The number of carbonyl (C=O) groups is 1. The first-order valence-electron chi connectivity index (χ1n) is 15.4. The fraction of sp³-hybridized carbons (Fsp3) is 0.514. The maximum atomic E-state index is 13.5. The number of hydrogen-bond acceptors (Lipinski definition) is 6. The molecule has 1 unspecified atom stereocenters. The Morgan fingerprint density at radius 1 is 0.780 bits per heavy atom. The van der Waals surface area contributed by atoms with Crippen LogP contribution in [0.25, 0.3) is 0 Å². The molecule has 0 amide bonds. The van der Waals surface area contributed by atoms with Gasteiger partial charge >= 0.3 is 0 Å². The Balaban J connectivity index is 2.00. The number of ketones is 1. The highest BCUT2D eigenvalue weighted by atomic mass is 16.1. The van der Waals surface area contributed by atoms with E-state index in [1.807, 2.05) is 12.1 Å². The van der Waals surface area contributed by atoms with E-state index in [-0.39, 0.29) is 5.78 Å². The van der Waals surface area contributed by atoms with Crippen LogP contribution in [0.3, 0.4) is 0 Å². The van der Waals surface area contributed by atoms with Gasteiger partial charge in [-0.05, 0) is 89.2 Å². The maximum Gasteiger partial charge on any atom is 0.202 e. The van der Waals surface area contributed by atoms with Crippen molar-refractivity contribution in [2.24, 2.45) is 9.98 Å². The standard InChI is InChI=1S/C35H51N5O/c1-9-12-22-40(23-13-10-2)34-25-35(41)32(37-28-16-14-27(15-17-28)33(11-3)38(6)7)24-31(34)36-29-18-20-30(21-19-29)39(8)26(4)5/h14-21,25-26,33H,9-13,22-24H2,1-8H3. The van der Waals surface area contributed by atoms with E-state index in [2.05, 4.69) is 107 Å². The summed E-state index contributed by atoms with van der Waals surface area (Å²) in [6.45, 7) is 12.8. The third kappa shape index (κ3) is 8.87. The number of nitrogens with zero attached hydrogens (tertiary/aromatic N) is 5. The summed E-state index contributed by atoms with van der Waals surface area (Å²) in [7, 11) is 6.32. The van der Waals surface area contributed by atoms with Gasteiger partial charge in [-0.25, -0.2) is 4.99 Å². The van der Waals surface area contributed by atoms with Crippen molar-refractivity contribution in [3.63, 3.8) is 0 Å². The van der Waals surface area contributed by atoms with Crippen molar-refractivity contribution >= 4 is 34.3 Å². The molecule has 6 nitrogen and oxygen atoms in total. The summed E-state index contributed by atoms with van der Waals surface area (Å²) < 4.78 is 0. The van der Waals surface area contributed by atoms with Crippen LogP contribution in [0.1, 0.15) is 84.7 Å². The SMILES string of the molecule is CCCCN(CCCC)C1=CC(=O)C(=Nc2ccc(C(CC)N(C)C)cc2)CC1=Nc1ccc(N(C)C(C)C)cc1. The Morgan fingerprint density at radius 3 is 1.80 bits per heavy atom. The average Bonchev–Trinajstić information content (AvgIpc) is 2.96. The molecule has 0 aromatic heterocycles. The van der Waals surface area contributed by atoms with E-state index in [0.717, 1.165) is 73.7 Å². The third-order valence-corrected chi connectivity index (χ3v) is 7.93. The molecule has 2 aromatic carbocycles. The van der Waals surface area contributed by atoms with Gasteiger partial charge in [-0.1, -0.05) is 45.7 Å². The van der Waals surface area contributed by atoms with Gasteiger partial charge < -0.3 is 14.7 Å². The van der Waals surface area contributed by atoms with E-state index in [1.54, 1.807) is 6.08 Å². The van der Waals surface area contributed by atoms with Crippen LogP contribution in [0, 0.1) is 0 Å². The molecule has 3 rings (SSSR count). The van der Waals surface area contributed by atoms with Crippen LogP contribution in [0.15, 0.2) is 70.3 Å². The number of anilines is 1. The lowest BCUT2D eigenvalue weighted by Crippen LogP contribution is -2.35. The van der Waals surface area contributed by atoms with Gasteiger partial charge in [-0.3, -0.25) is 9.79 Å². The predicted molar refractivity (Wildman–Crippen MR) is 176 cm³/mol. The van der Waals surface area contributed by atoms with Crippen LogP contribution in [0.2, 0.25) is 0 Å². The van der Waals surface area contributed by atoms with Gasteiger partial charge in [0, 0.05) is 50.4 Å². The lowest BCUT2D eigenvalue weighted by Gasteiger charge is -2.30. The van der Waals surface area contributed by atoms with Gasteiger partial charge in [0.15, 0.2) is 0 Å². The van der Waals surface area contributed by atoms with E-state index in [9.17, 15) is 4.79 Å². The van der Waals surface area contributed by atoms with E-state index in [1.165, 1.54) is 5.56 Å². The lowest BCUT2D eigenvalue weighted by atomic mass is 9.96. The molecule has 0 fully saturated rings. The van der Waals surface area contributed by atoms with E-state index in [4.69, 9.17) is 9.98 Å². The first-order chi connectivity index (χ1) is 19.7. The van der Waals surface area contributed by atoms with Crippen LogP contribution >= 0.6 is 0 Å². The smallest absolute Gasteiger partial charge is 0.202 e. The van der Waals surface area contributed by atoms with Gasteiger partial charge in [0.25, 0.3) is 0 Å². The number of hydrogen-bond donors (Lipinski definition) is 0. The zero-order valence-electron chi connectivity index (χ0n) is 26.7. The number of allylic oxidation sites excluding steroid dienone is 2. The molecule has 0 bridgehead atoms. The Morgan fingerprint density at radius 2 is 1.32 bits per heavy atom. The summed E-state index contributed by atoms with van der Waals surface area (Å²) in [5.74, 6) is -0.0188. The number of carbonyl (C=O) groups excluding carboxylic acids is 1. The van der Waals surface area contributed by atoms with Crippen molar-refractivity contribution in [2.45, 2.75) is 85.2 Å². The summed E-state index contributed by atoms with van der Waals surface area (Å²) >= 11 is 0. The van der Waals surface area contributed by atoms with Crippen molar-refractivity contribution < 1.29 is 4.79 Å². The number of benzene rings is 2. The molecule has 0 heterocycles. The molecule has 6 heteroatoms. The average molecular weight is 558 g/mol. The second-order valence-corrected chi connectivity index (χ2v) is 11.6. The molecule has 0 saturated carbocycles. The summed E-state index contributed by atoms with van der Waals surface area (Å²) in [5.41, 5.74) is 6.53. The van der Waals surface area contributed by atoms with Gasteiger partial charge in [0.05, 0.1) is 28.5 Å². The minimum Gasteiger partial charge on any atom is -0.372 e. The van der Waals surface area contributed by atoms with Gasteiger partial charge in [-0.2, -0.15) is 0 Å². The molecule has 0 aliphatic heterocycles. The zero-order chi connectivity index (χ0) is 29.9. The Kier molecular flexibility index (Phi) is 12.3.